The molecule has 2 aromatic rings. The Balaban J connectivity index is 1.38. The van der Waals surface area contributed by atoms with Crippen molar-refractivity contribution in [2.24, 2.45) is 5.73 Å². The minimum atomic E-state index is -1.51. The number of hydrogen-bond donors (Lipinski definition) is 6. The SMILES string of the molecule is NCc1ccccc1CC(=O)NC1C(=O)N2C(C(=O)O)=C(C(S)C3(S)c4nnnn4C3C(=O)O)CSC12. The van der Waals surface area contributed by atoms with E-state index >= 15 is 0 Å². The number of β-lactam (4-membered cyclic amide) rings is 1. The average molecular weight is 564 g/mol. The minimum absolute atomic E-state index is 0.0214. The van der Waals surface area contributed by atoms with Gasteiger partial charge in [0.05, 0.1) is 11.7 Å². The van der Waals surface area contributed by atoms with Crippen LogP contribution in [0.5, 0.6) is 0 Å². The van der Waals surface area contributed by atoms with Crippen LogP contribution in [0, 0.1) is 0 Å². The lowest BCUT2D eigenvalue weighted by Gasteiger charge is -2.52. The third-order valence-electron chi connectivity index (χ3n) is 6.70. The third-order valence-corrected chi connectivity index (χ3v) is 9.63. The Bertz CT molecular complexity index is 1370. The summed E-state index contributed by atoms with van der Waals surface area (Å²) in [5, 5.41) is 31.7. The second-order valence-corrected chi connectivity index (χ2v) is 11.1. The lowest BCUT2D eigenvalue weighted by atomic mass is 9.83. The molecule has 0 spiro atoms. The van der Waals surface area contributed by atoms with Gasteiger partial charge in [-0.2, -0.15) is 25.3 Å². The Morgan fingerprint density at radius 2 is 1.97 bits per heavy atom. The number of aromatic nitrogens is 4. The van der Waals surface area contributed by atoms with E-state index < -0.39 is 51.2 Å². The third kappa shape index (κ3) is 3.81. The number of thioether (sulfide) groups is 1. The number of hydrogen-bond acceptors (Lipinski definition) is 11. The smallest absolute Gasteiger partial charge is 0.352 e. The fraction of sp³-hybridized carbons (Fsp3) is 0.381. The van der Waals surface area contributed by atoms with Crippen molar-refractivity contribution in [3.8, 4) is 0 Å². The highest BCUT2D eigenvalue weighted by atomic mass is 32.2. The summed E-state index contributed by atoms with van der Waals surface area (Å²) in [4.78, 5) is 51.1. The number of carbonyl (C=O) groups is 4. The lowest BCUT2D eigenvalue weighted by molar-refractivity contribution is -0.150. The highest BCUT2D eigenvalue weighted by Gasteiger charge is 2.63. The van der Waals surface area contributed by atoms with E-state index in [1.807, 2.05) is 12.1 Å². The summed E-state index contributed by atoms with van der Waals surface area (Å²) < 4.78 is -0.429. The van der Waals surface area contributed by atoms with Gasteiger partial charge in [0.1, 0.15) is 21.9 Å². The van der Waals surface area contributed by atoms with Gasteiger partial charge in [-0.05, 0) is 27.1 Å². The first-order valence-electron chi connectivity index (χ1n) is 11.0. The maximum atomic E-state index is 13.1. The number of benzene rings is 1. The van der Waals surface area contributed by atoms with Crippen molar-refractivity contribution in [3.05, 3.63) is 52.5 Å². The van der Waals surface area contributed by atoms with Gasteiger partial charge in [-0.25, -0.2) is 14.3 Å². The number of nitrogens with two attached hydrogens (primary N) is 1. The van der Waals surface area contributed by atoms with Gasteiger partial charge in [0.25, 0.3) is 5.91 Å². The topological polar surface area (TPSA) is 194 Å². The molecule has 0 aliphatic carbocycles. The van der Waals surface area contributed by atoms with E-state index in [1.54, 1.807) is 12.1 Å². The van der Waals surface area contributed by atoms with Gasteiger partial charge in [-0.3, -0.25) is 14.5 Å². The summed E-state index contributed by atoms with van der Waals surface area (Å²) in [6.07, 6.45) is 0.0214. The summed E-state index contributed by atoms with van der Waals surface area (Å²) in [5.41, 5.74) is 7.19. The molecule has 5 N–H and O–H groups in total. The maximum absolute atomic E-state index is 13.1. The monoisotopic (exact) mass is 563 g/mol. The van der Waals surface area contributed by atoms with Crippen molar-refractivity contribution in [1.82, 2.24) is 30.4 Å². The van der Waals surface area contributed by atoms with E-state index in [0.717, 1.165) is 20.7 Å². The van der Waals surface area contributed by atoms with Gasteiger partial charge < -0.3 is 21.3 Å². The van der Waals surface area contributed by atoms with Gasteiger partial charge in [0, 0.05) is 12.3 Å². The fourth-order valence-electron chi connectivity index (χ4n) is 4.88. The molecule has 5 atom stereocenters. The van der Waals surface area contributed by atoms with E-state index in [9.17, 15) is 29.4 Å². The average Bonchev–Trinajstić information content (AvgIpc) is 3.30. The van der Waals surface area contributed by atoms with Crippen LogP contribution in [0.15, 0.2) is 35.5 Å². The molecule has 2 amide bonds. The minimum Gasteiger partial charge on any atom is -0.480 e. The van der Waals surface area contributed by atoms with E-state index in [0.29, 0.717) is 0 Å². The van der Waals surface area contributed by atoms with Crippen LogP contribution in [0.1, 0.15) is 23.0 Å². The Morgan fingerprint density at radius 3 is 2.62 bits per heavy atom. The van der Waals surface area contributed by atoms with Crippen molar-refractivity contribution < 1.29 is 29.4 Å². The van der Waals surface area contributed by atoms with Crippen LogP contribution >= 0.6 is 37.0 Å². The Hall–Kier alpha value is -3.08. The van der Waals surface area contributed by atoms with E-state index in [-0.39, 0.29) is 35.8 Å². The summed E-state index contributed by atoms with van der Waals surface area (Å²) in [6, 6.07) is 5.01. The zero-order valence-corrected chi connectivity index (χ0v) is 21.5. The van der Waals surface area contributed by atoms with Crippen molar-refractivity contribution in [1.29, 1.82) is 0 Å². The number of amides is 2. The number of carbonyl (C=O) groups excluding carboxylic acids is 2. The molecule has 5 rings (SSSR count). The van der Waals surface area contributed by atoms with Gasteiger partial charge in [0.15, 0.2) is 11.9 Å². The van der Waals surface area contributed by atoms with Crippen molar-refractivity contribution in [2.75, 3.05) is 5.75 Å². The molecule has 1 saturated heterocycles. The Morgan fingerprint density at radius 1 is 1.27 bits per heavy atom. The van der Waals surface area contributed by atoms with Crippen molar-refractivity contribution in [3.63, 3.8) is 0 Å². The molecule has 1 aromatic carbocycles. The molecular formula is C21H21N7O6S3. The molecule has 1 aromatic heterocycles. The zero-order chi connectivity index (χ0) is 26.6. The molecule has 13 nitrogen and oxygen atoms in total. The second-order valence-electron chi connectivity index (χ2n) is 8.70. The molecule has 0 saturated carbocycles. The summed E-state index contributed by atoms with van der Waals surface area (Å²) in [7, 11) is 0. The van der Waals surface area contributed by atoms with Crippen molar-refractivity contribution >= 4 is 60.8 Å². The fourth-order valence-corrected chi connectivity index (χ4v) is 7.39. The number of nitrogens with zero attached hydrogens (tertiary/aromatic N) is 5. The maximum Gasteiger partial charge on any atom is 0.352 e. The number of fused-ring (bicyclic) bond motifs is 2. The van der Waals surface area contributed by atoms with Gasteiger partial charge in [-0.1, -0.05) is 24.3 Å². The lowest BCUT2D eigenvalue weighted by Crippen LogP contribution is -2.71. The van der Waals surface area contributed by atoms with Gasteiger partial charge in [-0.15, -0.1) is 16.9 Å². The number of aliphatic carboxylic acids is 2. The van der Waals surface area contributed by atoms with Crippen LogP contribution in [-0.2, 0) is 36.9 Å². The largest absolute Gasteiger partial charge is 0.480 e. The predicted octanol–water partition coefficient (Wildman–Crippen LogP) is -0.824. The van der Waals surface area contributed by atoms with E-state index in [1.165, 1.54) is 11.8 Å². The van der Waals surface area contributed by atoms with Crippen LogP contribution in [0.3, 0.4) is 0 Å². The molecule has 16 heteroatoms. The van der Waals surface area contributed by atoms with E-state index in [4.69, 9.17) is 5.73 Å². The zero-order valence-electron chi connectivity index (χ0n) is 18.9. The van der Waals surface area contributed by atoms with Crippen LogP contribution in [0.25, 0.3) is 0 Å². The summed E-state index contributed by atoms with van der Waals surface area (Å²) >= 11 is 10.4. The van der Waals surface area contributed by atoms with Crippen molar-refractivity contribution in [2.45, 2.75) is 40.4 Å². The van der Waals surface area contributed by atoms with E-state index in [2.05, 4.69) is 46.1 Å². The summed E-state index contributed by atoms with van der Waals surface area (Å²) in [5.74, 6) is -3.37. The number of rotatable bonds is 8. The molecular weight excluding hydrogens is 542 g/mol. The normalized spacial score (nSPS) is 26.9. The van der Waals surface area contributed by atoms with Gasteiger partial charge >= 0.3 is 11.9 Å². The molecule has 3 aliphatic heterocycles. The molecule has 0 bridgehead atoms. The quantitative estimate of drug-likeness (QED) is 0.173. The molecule has 194 valence electrons. The van der Waals surface area contributed by atoms with Crippen LogP contribution in [-0.4, -0.2) is 81.5 Å². The summed E-state index contributed by atoms with van der Waals surface area (Å²) in [6.45, 7) is 0.264. The molecule has 37 heavy (non-hydrogen) atoms. The highest BCUT2D eigenvalue weighted by Crippen LogP contribution is 2.55. The highest BCUT2D eigenvalue weighted by molar-refractivity contribution is 8.00. The molecule has 0 radical (unpaired) electrons. The van der Waals surface area contributed by atoms with Crippen LogP contribution in [0.2, 0.25) is 0 Å². The standard InChI is InChI=1S/C21H21N7O6S3/c22-6-9-4-2-1-3-8(9)5-11(29)23-12-16(30)27-13(18(31)32)10(7-37-17(12)27)15(35)21(36)14(19(33)34)28-20(21)24-25-26-28/h1-4,12,14-15,17,35-36H,5-7,22H2,(H,23,29)(H,31,32)(H,33,34). The van der Waals surface area contributed by atoms with Crippen LogP contribution in [0.4, 0.5) is 0 Å². The first-order valence-corrected chi connectivity index (χ1v) is 13.0. The Kier molecular flexibility index (Phi) is 6.45. The first kappa shape index (κ1) is 25.6. The number of carboxylic acids is 2. The van der Waals surface area contributed by atoms with Gasteiger partial charge in [0.2, 0.25) is 5.91 Å². The predicted molar refractivity (Wildman–Crippen MR) is 136 cm³/mol. The number of thiol groups is 2. The molecule has 1 fully saturated rings. The molecule has 4 heterocycles. The number of nitrogens with one attached hydrogen (secondary N) is 1. The number of carboxylic acid groups (broad SMARTS) is 2. The molecule has 5 unspecified atom stereocenters. The first-order chi connectivity index (χ1) is 17.6. The van der Waals surface area contributed by atoms with Crippen LogP contribution < -0.4 is 11.1 Å². The number of tetrazole rings is 1. The second kappa shape index (κ2) is 9.34. The Labute approximate surface area is 224 Å². The molecule has 3 aliphatic rings.